The molecule has 0 aliphatic rings. The molecule has 0 atom stereocenters. The number of benzene rings is 2. The Kier molecular flexibility index (Phi) is 5.39. The van der Waals surface area contributed by atoms with Gasteiger partial charge in [0.05, 0.1) is 21.9 Å². The van der Waals surface area contributed by atoms with E-state index >= 15 is 0 Å². The third-order valence-electron chi connectivity index (χ3n) is 3.48. The topological polar surface area (TPSA) is 72.2 Å². The molecule has 0 aromatic heterocycles. The van der Waals surface area contributed by atoms with E-state index in [1.807, 2.05) is 32.0 Å². The molecule has 2 aromatic carbocycles. The highest BCUT2D eigenvalue weighted by Gasteiger charge is 2.15. The van der Waals surface area contributed by atoms with Crippen LogP contribution < -0.4 is 5.32 Å². The molecule has 0 unspecified atom stereocenters. The molecule has 120 valence electrons. The van der Waals surface area contributed by atoms with Crippen molar-refractivity contribution >= 4 is 29.0 Å². The smallest absolute Gasteiger partial charge is 0.274 e. The summed E-state index contributed by atoms with van der Waals surface area (Å²) >= 11 is 1.46. The number of nitro benzene ring substituents is 1. The number of aryl methyl sites for hydroxylation is 2. The Morgan fingerprint density at radius 3 is 2.65 bits per heavy atom. The predicted octanol–water partition coefficient (Wildman–Crippen LogP) is 4.25. The molecule has 0 aliphatic heterocycles. The number of carbonyl (C=O) groups excluding carboxylic acids is 1. The Morgan fingerprint density at radius 2 is 1.96 bits per heavy atom. The van der Waals surface area contributed by atoms with Gasteiger partial charge in [0, 0.05) is 11.0 Å². The van der Waals surface area contributed by atoms with Crippen molar-refractivity contribution in [3.8, 4) is 0 Å². The van der Waals surface area contributed by atoms with Crippen LogP contribution in [0.2, 0.25) is 0 Å². The first-order valence-corrected chi connectivity index (χ1v) is 8.11. The number of nitrogens with one attached hydrogen (secondary N) is 1. The van der Waals surface area contributed by atoms with Gasteiger partial charge in [-0.05, 0) is 38.5 Å². The largest absolute Gasteiger partial charge is 0.325 e. The second-order valence-electron chi connectivity index (χ2n) is 5.31. The number of rotatable bonds is 5. The fraction of sp³-hybridized carbons (Fsp3) is 0.235. The molecule has 0 radical (unpaired) electrons. The summed E-state index contributed by atoms with van der Waals surface area (Å²) in [6.45, 7) is 5.64. The van der Waals surface area contributed by atoms with Gasteiger partial charge in [0.25, 0.3) is 5.69 Å². The first-order valence-electron chi connectivity index (χ1n) is 7.12. The highest BCUT2D eigenvalue weighted by molar-refractivity contribution is 8.00. The molecule has 0 fully saturated rings. The number of anilines is 1. The van der Waals surface area contributed by atoms with Crippen LogP contribution in [0.4, 0.5) is 11.4 Å². The Bertz CT molecular complexity index is 759. The van der Waals surface area contributed by atoms with Crippen molar-refractivity contribution < 1.29 is 9.72 Å². The first kappa shape index (κ1) is 17.0. The SMILES string of the molecule is Cc1ccc(C)c(SCC(=O)Nc2cccc([N+](=O)[O-])c2C)c1. The van der Waals surface area contributed by atoms with E-state index in [1.54, 1.807) is 19.1 Å². The van der Waals surface area contributed by atoms with Crippen LogP contribution in [0.25, 0.3) is 0 Å². The number of thioether (sulfide) groups is 1. The molecule has 0 saturated carbocycles. The van der Waals surface area contributed by atoms with Crippen LogP contribution in [0.5, 0.6) is 0 Å². The molecule has 1 amide bonds. The average molecular weight is 330 g/mol. The summed E-state index contributed by atoms with van der Waals surface area (Å²) in [5.41, 5.74) is 3.21. The molecule has 0 spiro atoms. The number of hydrogen-bond donors (Lipinski definition) is 1. The maximum absolute atomic E-state index is 12.1. The number of amides is 1. The van der Waals surface area contributed by atoms with Crippen LogP contribution >= 0.6 is 11.8 Å². The van der Waals surface area contributed by atoms with E-state index in [4.69, 9.17) is 0 Å². The van der Waals surface area contributed by atoms with Crippen LogP contribution in [-0.2, 0) is 4.79 Å². The zero-order chi connectivity index (χ0) is 17.0. The lowest BCUT2D eigenvalue weighted by atomic mass is 10.1. The van der Waals surface area contributed by atoms with Crippen molar-refractivity contribution in [3.05, 3.63) is 63.2 Å². The molecule has 0 saturated heterocycles. The monoisotopic (exact) mass is 330 g/mol. The second kappa shape index (κ2) is 7.28. The van der Waals surface area contributed by atoms with Crippen LogP contribution in [0, 0.1) is 30.9 Å². The van der Waals surface area contributed by atoms with Gasteiger partial charge in [-0.25, -0.2) is 0 Å². The number of carbonyl (C=O) groups is 1. The average Bonchev–Trinajstić information content (AvgIpc) is 2.50. The molecule has 1 N–H and O–H groups in total. The van der Waals surface area contributed by atoms with Crippen molar-refractivity contribution in [2.75, 3.05) is 11.1 Å². The van der Waals surface area contributed by atoms with E-state index in [-0.39, 0.29) is 17.3 Å². The standard InChI is InChI=1S/C17H18N2O3S/c1-11-7-8-12(2)16(9-11)23-10-17(20)18-14-5-4-6-15(13(14)3)19(21)22/h4-9H,10H2,1-3H3,(H,18,20). The minimum Gasteiger partial charge on any atom is -0.325 e. The minimum absolute atomic E-state index is 0.00461. The number of nitrogens with zero attached hydrogens (tertiary/aromatic N) is 1. The molecule has 0 aliphatic carbocycles. The highest BCUT2D eigenvalue weighted by atomic mass is 32.2. The Balaban J connectivity index is 2.04. The van der Waals surface area contributed by atoms with Gasteiger partial charge in [-0.2, -0.15) is 0 Å². The molecule has 5 nitrogen and oxygen atoms in total. The predicted molar refractivity (Wildman–Crippen MR) is 93.1 cm³/mol. The van der Waals surface area contributed by atoms with Crippen molar-refractivity contribution in [1.29, 1.82) is 0 Å². The molecule has 2 rings (SSSR count). The van der Waals surface area contributed by atoms with Crippen molar-refractivity contribution in [1.82, 2.24) is 0 Å². The van der Waals surface area contributed by atoms with E-state index in [0.29, 0.717) is 11.3 Å². The number of hydrogen-bond acceptors (Lipinski definition) is 4. The van der Waals surface area contributed by atoms with Gasteiger partial charge >= 0.3 is 0 Å². The molecular weight excluding hydrogens is 312 g/mol. The van der Waals surface area contributed by atoms with E-state index in [0.717, 1.165) is 16.0 Å². The van der Waals surface area contributed by atoms with Gasteiger partial charge in [0.1, 0.15) is 0 Å². The lowest BCUT2D eigenvalue weighted by Crippen LogP contribution is -2.15. The molecule has 23 heavy (non-hydrogen) atoms. The molecule has 6 heteroatoms. The van der Waals surface area contributed by atoms with Gasteiger partial charge in [-0.3, -0.25) is 14.9 Å². The lowest BCUT2D eigenvalue weighted by molar-refractivity contribution is -0.385. The van der Waals surface area contributed by atoms with Crippen LogP contribution in [0.3, 0.4) is 0 Å². The van der Waals surface area contributed by atoms with Gasteiger partial charge in [0.2, 0.25) is 5.91 Å². The van der Waals surface area contributed by atoms with E-state index in [1.165, 1.54) is 17.8 Å². The van der Waals surface area contributed by atoms with E-state index < -0.39 is 4.92 Å². The van der Waals surface area contributed by atoms with Crippen molar-refractivity contribution in [2.24, 2.45) is 0 Å². The fourth-order valence-electron chi connectivity index (χ4n) is 2.15. The summed E-state index contributed by atoms with van der Waals surface area (Å²) in [5.74, 6) is 0.0754. The zero-order valence-corrected chi connectivity index (χ0v) is 14.1. The maximum atomic E-state index is 12.1. The fourth-order valence-corrected chi connectivity index (χ4v) is 3.07. The number of nitro groups is 1. The third-order valence-corrected chi connectivity index (χ3v) is 4.64. The lowest BCUT2D eigenvalue weighted by Gasteiger charge is -2.10. The van der Waals surface area contributed by atoms with Gasteiger partial charge < -0.3 is 5.32 Å². The van der Waals surface area contributed by atoms with Crippen LogP contribution in [-0.4, -0.2) is 16.6 Å². The van der Waals surface area contributed by atoms with E-state index in [2.05, 4.69) is 5.32 Å². The Hall–Kier alpha value is -2.34. The summed E-state index contributed by atoms with van der Waals surface area (Å²) in [5, 5.41) is 13.7. The molecule has 0 heterocycles. The van der Waals surface area contributed by atoms with Crippen LogP contribution in [0.1, 0.15) is 16.7 Å². The third kappa shape index (κ3) is 4.32. The summed E-state index contributed by atoms with van der Waals surface area (Å²) in [6.07, 6.45) is 0. The van der Waals surface area contributed by atoms with Gasteiger partial charge in [-0.15, -0.1) is 11.8 Å². The summed E-state index contributed by atoms with van der Waals surface area (Å²) in [7, 11) is 0. The van der Waals surface area contributed by atoms with Gasteiger partial charge in [-0.1, -0.05) is 23.8 Å². The first-order chi connectivity index (χ1) is 10.9. The van der Waals surface area contributed by atoms with Crippen molar-refractivity contribution in [2.45, 2.75) is 25.7 Å². The Morgan fingerprint density at radius 1 is 1.22 bits per heavy atom. The highest BCUT2D eigenvalue weighted by Crippen LogP contribution is 2.26. The van der Waals surface area contributed by atoms with Gasteiger partial charge in [0.15, 0.2) is 0 Å². The zero-order valence-electron chi connectivity index (χ0n) is 13.3. The van der Waals surface area contributed by atoms with Crippen molar-refractivity contribution in [3.63, 3.8) is 0 Å². The van der Waals surface area contributed by atoms with Crippen LogP contribution in [0.15, 0.2) is 41.3 Å². The minimum atomic E-state index is -0.449. The summed E-state index contributed by atoms with van der Waals surface area (Å²) < 4.78 is 0. The second-order valence-corrected chi connectivity index (χ2v) is 6.33. The Labute approximate surface area is 139 Å². The summed E-state index contributed by atoms with van der Waals surface area (Å²) in [6, 6.07) is 10.8. The normalized spacial score (nSPS) is 10.4. The summed E-state index contributed by atoms with van der Waals surface area (Å²) in [4.78, 5) is 23.7. The maximum Gasteiger partial charge on any atom is 0.274 e. The molecular formula is C17H18N2O3S. The van der Waals surface area contributed by atoms with E-state index in [9.17, 15) is 14.9 Å². The molecule has 0 bridgehead atoms. The quantitative estimate of drug-likeness (QED) is 0.505. The molecule has 2 aromatic rings.